The van der Waals surface area contributed by atoms with Gasteiger partial charge in [-0.2, -0.15) is 0 Å². The zero-order valence-corrected chi connectivity index (χ0v) is 22.9. The molecule has 0 aliphatic heterocycles. The molecule has 8 nitrogen and oxygen atoms in total. The molecule has 10 heteroatoms. The SMILES string of the molecule is C=CC(=O)Cc1cccc(C)c1Nc1ncc2cc(-c3c(Cl)c(OC)cc(OC)c3Cl)nc(OCC)c2n1. The summed E-state index contributed by atoms with van der Waals surface area (Å²) in [7, 11) is 3.01. The number of nitrogens with one attached hydrogen (secondary N) is 1. The number of allylic oxidation sites excluding steroid dienone is 1. The second-order valence-electron chi connectivity index (χ2n) is 8.24. The van der Waals surface area contributed by atoms with Gasteiger partial charge in [-0.1, -0.05) is 48.0 Å². The number of anilines is 2. The minimum absolute atomic E-state index is 0.0834. The predicted octanol–water partition coefficient (Wildman–Crippen LogP) is 6.76. The summed E-state index contributed by atoms with van der Waals surface area (Å²) in [5.74, 6) is 1.31. The van der Waals surface area contributed by atoms with E-state index in [1.54, 1.807) is 18.3 Å². The van der Waals surface area contributed by atoms with E-state index in [9.17, 15) is 4.79 Å². The number of carbonyl (C=O) groups excluding carboxylic acids is 1. The van der Waals surface area contributed by atoms with Crippen molar-refractivity contribution < 1.29 is 19.0 Å². The van der Waals surface area contributed by atoms with Gasteiger partial charge in [0.2, 0.25) is 11.8 Å². The van der Waals surface area contributed by atoms with Crippen LogP contribution in [0.3, 0.4) is 0 Å². The number of nitrogens with zero attached hydrogens (tertiary/aromatic N) is 3. The van der Waals surface area contributed by atoms with Gasteiger partial charge >= 0.3 is 0 Å². The van der Waals surface area contributed by atoms with Crippen molar-refractivity contribution in [2.45, 2.75) is 20.3 Å². The number of benzene rings is 2. The van der Waals surface area contributed by atoms with E-state index in [4.69, 9.17) is 42.4 Å². The van der Waals surface area contributed by atoms with Crippen molar-refractivity contribution in [2.24, 2.45) is 0 Å². The number of fused-ring (bicyclic) bond motifs is 1. The lowest BCUT2D eigenvalue weighted by atomic mass is 10.0. The molecule has 196 valence electrons. The second kappa shape index (κ2) is 11.7. The molecule has 0 fully saturated rings. The van der Waals surface area contributed by atoms with E-state index in [2.05, 4.69) is 21.9 Å². The highest BCUT2D eigenvalue weighted by Crippen LogP contribution is 2.46. The maximum absolute atomic E-state index is 12.0. The third-order valence-corrected chi connectivity index (χ3v) is 6.58. The van der Waals surface area contributed by atoms with Crippen LogP contribution in [0.15, 0.2) is 49.2 Å². The number of rotatable bonds is 10. The Hall–Kier alpha value is -3.88. The summed E-state index contributed by atoms with van der Waals surface area (Å²) in [6.07, 6.45) is 3.18. The Morgan fingerprint density at radius 2 is 1.82 bits per heavy atom. The predicted molar refractivity (Wildman–Crippen MR) is 150 cm³/mol. The molecule has 0 saturated carbocycles. The van der Waals surface area contributed by atoms with Crippen molar-refractivity contribution in [2.75, 3.05) is 26.1 Å². The van der Waals surface area contributed by atoms with E-state index in [0.717, 1.165) is 16.8 Å². The minimum atomic E-state index is -0.0834. The summed E-state index contributed by atoms with van der Waals surface area (Å²) in [6, 6.07) is 9.11. The fraction of sp³-hybridized carbons (Fsp3) is 0.214. The normalized spacial score (nSPS) is 10.8. The Morgan fingerprint density at radius 1 is 1.11 bits per heavy atom. The molecule has 0 unspecified atom stereocenters. The number of aryl methyl sites for hydroxylation is 1. The van der Waals surface area contributed by atoms with E-state index in [1.165, 1.54) is 20.3 Å². The number of aromatic nitrogens is 3. The third-order valence-electron chi connectivity index (χ3n) is 5.83. The van der Waals surface area contributed by atoms with Crippen LogP contribution in [0.25, 0.3) is 22.2 Å². The first-order chi connectivity index (χ1) is 18.3. The number of ketones is 1. The van der Waals surface area contributed by atoms with Gasteiger partial charge in [-0.25, -0.2) is 15.0 Å². The van der Waals surface area contributed by atoms with Crippen LogP contribution in [0.5, 0.6) is 17.4 Å². The van der Waals surface area contributed by atoms with Crippen LogP contribution in [0.2, 0.25) is 10.0 Å². The Kier molecular flexibility index (Phi) is 8.34. The van der Waals surface area contributed by atoms with Gasteiger partial charge in [0.25, 0.3) is 0 Å². The summed E-state index contributed by atoms with van der Waals surface area (Å²) in [6.45, 7) is 7.72. The Morgan fingerprint density at radius 3 is 2.45 bits per heavy atom. The average Bonchev–Trinajstić information content (AvgIpc) is 2.91. The maximum Gasteiger partial charge on any atom is 0.241 e. The van der Waals surface area contributed by atoms with Crippen LogP contribution < -0.4 is 19.5 Å². The van der Waals surface area contributed by atoms with E-state index < -0.39 is 0 Å². The van der Waals surface area contributed by atoms with Crippen molar-refractivity contribution in [3.63, 3.8) is 0 Å². The molecule has 2 heterocycles. The monoisotopic (exact) mass is 552 g/mol. The smallest absolute Gasteiger partial charge is 0.241 e. The van der Waals surface area contributed by atoms with Gasteiger partial charge in [-0.05, 0) is 37.1 Å². The van der Waals surface area contributed by atoms with Gasteiger partial charge in [0.15, 0.2) is 5.78 Å². The summed E-state index contributed by atoms with van der Waals surface area (Å²) in [5, 5.41) is 4.49. The van der Waals surface area contributed by atoms with E-state index in [-0.39, 0.29) is 28.1 Å². The quantitative estimate of drug-likeness (QED) is 0.215. The molecule has 0 radical (unpaired) electrons. The fourth-order valence-corrected chi connectivity index (χ4v) is 4.67. The molecule has 0 amide bonds. The molecule has 1 N–H and O–H groups in total. The number of carbonyl (C=O) groups is 1. The molecule has 0 bridgehead atoms. The molecule has 2 aromatic carbocycles. The van der Waals surface area contributed by atoms with Crippen LogP contribution in [0, 0.1) is 6.92 Å². The van der Waals surface area contributed by atoms with E-state index in [0.29, 0.717) is 46.2 Å². The number of para-hydroxylation sites is 1. The van der Waals surface area contributed by atoms with Gasteiger partial charge in [-0.15, -0.1) is 0 Å². The molecular weight excluding hydrogens is 527 g/mol. The first-order valence-electron chi connectivity index (χ1n) is 11.7. The van der Waals surface area contributed by atoms with Crippen LogP contribution >= 0.6 is 23.2 Å². The zero-order chi connectivity index (χ0) is 27.4. The summed E-state index contributed by atoms with van der Waals surface area (Å²) < 4.78 is 16.7. The average molecular weight is 553 g/mol. The lowest BCUT2D eigenvalue weighted by Gasteiger charge is -2.16. The number of halogens is 2. The lowest BCUT2D eigenvalue weighted by Crippen LogP contribution is -2.06. The van der Waals surface area contributed by atoms with Crippen molar-refractivity contribution >= 4 is 51.5 Å². The lowest BCUT2D eigenvalue weighted by molar-refractivity contribution is -0.114. The molecule has 0 spiro atoms. The second-order valence-corrected chi connectivity index (χ2v) is 9.00. The van der Waals surface area contributed by atoms with Crippen LogP contribution in [-0.2, 0) is 11.2 Å². The van der Waals surface area contributed by atoms with Gasteiger partial charge in [0, 0.05) is 35.3 Å². The topological polar surface area (TPSA) is 95.5 Å². The molecule has 0 aliphatic carbocycles. The largest absolute Gasteiger partial charge is 0.495 e. The van der Waals surface area contributed by atoms with Crippen molar-refractivity contribution in [3.8, 4) is 28.6 Å². The third kappa shape index (κ3) is 5.37. The first kappa shape index (κ1) is 27.2. The van der Waals surface area contributed by atoms with Crippen molar-refractivity contribution in [1.29, 1.82) is 0 Å². The van der Waals surface area contributed by atoms with Crippen LogP contribution in [0.4, 0.5) is 11.6 Å². The molecule has 4 rings (SSSR count). The molecule has 0 aliphatic rings. The number of pyridine rings is 1. The summed E-state index contributed by atoms with van der Waals surface area (Å²) in [5.41, 5.74) is 3.89. The molecular formula is C28H26Cl2N4O4. The zero-order valence-electron chi connectivity index (χ0n) is 21.4. The van der Waals surface area contributed by atoms with Gasteiger partial charge in [-0.3, -0.25) is 4.79 Å². The summed E-state index contributed by atoms with van der Waals surface area (Å²) >= 11 is 13.3. The number of hydrogen-bond acceptors (Lipinski definition) is 8. The van der Waals surface area contributed by atoms with Crippen LogP contribution in [-0.4, -0.2) is 41.6 Å². The highest BCUT2D eigenvalue weighted by Gasteiger charge is 2.22. The van der Waals surface area contributed by atoms with Gasteiger partial charge < -0.3 is 19.5 Å². The minimum Gasteiger partial charge on any atom is -0.495 e. The standard InChI is InChI=1S/C28H26Cl2N4O4/c1-6-18(35)11-16-10-8-9-15(3)25(16)33-28-31-14-17-12-19(32-27(38-7-2)26(17)34-28)22-23(29)20(36-4)13-21(37-5)24(22)30/h6,8-10,12-14H,1,7,11H2,2-5H3,(H,31,33,34). The van der Waals surface area contributed by atoms with E-state index in [1.807, 2.05) is 32.0 Å². The first-order valence-corrected chi connectivity index (χ1v) is 12.5. The van der Waals surface area contributed by atoms with Crippen molar-refractivity contribution in [1.82, 2.24) is 15.0 Å². The molecule has 4 aromatic rings. The summed E-state index contributed by atoms with van der Waals surface area (Å²) in [4.78, 5) is 25.9. The van der Waals surface area contributed by atoms with Gasteiger partial charge in [0.1, 0.15) is 17.0 Å². The number of ether oxygens (including phenoxy) is 3. The molecule has 0 saturated heterocycles. The van der Waals surface area contributed by atoms with Crippen LogP contribution in [0.1, 0.15) is 18.1 Å². The van der Waals surface area contributed by atoms with Crippen molar-refractivity contribution in [3.05, 3.63) is 70.4 Å². The number of methoxy groups -OCH3 is 2. The Bertz CT molecular complexity index is 1510. The Labute approximate surface area is 230 Å². The molecule has 38 heavy (non-hydrogen) atoms. The highest BCUT2D eigenvalue weighted by molar-refractivity contribution is 6.41. The molecule has 2 aromatic heterocycles. The number of hydrogen-bond donors (Lipinski definition) is 1. The van der Waals surface area contributed by atoms with E-state index >= 15 is 0 Å². The fourth-order valence-electron chi connectivity index (χ4n) is 3.97. The molecule has 0 atom stereocenters. The Balaban J connectivity index is 1.83. The highest BCUT2D eigenvalue weighted by atomic mass is 35.5. The maximum atomic E-state index is 12.0. The van der Waals surface area contributed by atoms with Gasteiger partial charge in [0.05, 0.1) is 36.6 Å².